The number of rotatable bonds is 8. The second kappa shape index (κ2) is 9.52. The standard InChI is InChI=1S/C25H31N3O3/c1-3-4-12-28-17-22(20-6-5-11-26-24(20)28)19-9-13-27(14-10-19)16-18-7-8-23(31-2)21(15-18)25(29)30/h5-8,11,15,17,19H,3-4,9-10,12-14,16H2,1-2H3,(H,29,30). The summed E-state index contributed by atoms with van der Waals surface area (Å²) in [6.45, 7) is 6.00. The lowest BCUT2D eigenvalue weighted by Crippen LogP contribution is -2.32. The molecule has 4 rings (SSSR count). The Balaban J connectivity index is 1.45. The lowest BCUT2D eigenvalue weighted by atomic mass is 9.89. The number of aromatic carboxylic acids is 1. The first-order valence-corrected chi connectivity index (χ1v) is 11.2. The number of carbonyl (C=O) groups is 1. The number of nitrogens with zero attached hydrogens (tertiary/aromatic N) is 3. The summed E-state index contributed by atoms with van der Waals surface area (Å²) in [7, 11) is 1.50. The molecule has 164 valence electrons. The Morgan fingerprint density at radius 2 is 2.06 bits per heavy atom. The number of ether oxygens (including phenoxy) is 1. The van der Waals surface area contributed by atoms with Crippen LogP contribution >= 0.6 is 0 Å². The van der Waals surface area contributed by atoms with E-state index in [1.165, 1.54) is 30.9 Å². The van der Waals surface area contributed by atoms with E-state index in [0.29, 0.717) is 11.7 Å². The highest BCUT2D eigenvalue weighted by Gasteiger charge is 2.24. The maximum Gasteiger partial charge on any atom is 0.339 e. The molecule has 0 spiro atoms. The Hall–Kier alpha value is -2.86. The molecule has 1 aromatic carbocycles. The molecular formula is C25H31N3O3. The fourth-order valence-corrected chi connectivity index (χ4v) is 4.65. The van der Waals surface area contributed by atoms with E-state index >= 15 is 0 Å². The Labute approximate surface area is 183 Å². The third kappa shape index (κ3) is 4.59. The van der Waals surface area contributed by atoms with Crippen molar-refractivity contribution in [1.29, 1.82) is 0 Å². The van der Waals surface area contributed by atoms with Crippen molar-refractivity contribution < 1.29 is 14.6 Å². The second-order valence-corrected chi connectivity index (χ2v) is 8.40. The van der Waals surface area contributed by atoms with E-state index in [4.69, 9.17) is 4.74 Å². The first-order valence-electron chi connectivity index (χ1n) is 11.2. The molecule has 2 aromatic heterocycles. The Kier molecular flexibility index (Phi) is 6.56. The molecule has 0 saturated carbocycles. The highest BCUT2D eigenvalue weighted by Crippen LogP contribution is 2.34. The molecule has 1 fully saturated rings. The van der Waals surface area contributed by atoms with Gasteiger partial charge in [0.05, 0.1) is 7.11 Å². The predicted octanol–water partition coefficient (Wildman–Crippen LogP) is 4.92. The van der Waals surface area contributed by atoms with Crippen LogP contribution in [0.15, 0.2) is 42.7 Å². The highest BCUT2D eigenvalue weighted by molar-refractivity contribution is 5.91. The van der Waals surface area contributed by atoms with Crippen molar-refractivity contribution in [1.82, 2.24) is 14.5 Å². The van der Waals surface area contributed by atoms with Crippen LogP contribution in [0.1, 0.15) is 60.0 Å². The molecule has 0 unspecified atom stereocenters. The van der Waals surface area contributed by atoms with Crippen LogP contribution in [-0.2, 0) is 13.1 Å². The predicted molar refractivity (Wildman–Crippen MR) is 122 cm³/mol. The number of methoxy groups -OCH3 is 1. The maximum atomic E-state index is 11.5. The highest BCUT2D eigenvalue weighted by atomic mass is 16.5. The van der Waals surface area contributed by atoms with Gasteiger partial charge in [0, 0.05) is 30.9 Å². The molecule has 1 saturated heterocycles. The van der Waals surface area contributed by atoms with Gasteiger partial charge in [-0.25, -0.2) is 9.78 Å². The lowest BCUT2D eigenvalue weighted by molar-refractivity contribution is 0.0693. The monoisotopic (exact) mass is 421 g/mol. The minimum Gasteiger partial charge on any atom is -0.496 e. The van der Waals surface area contributed by atoms with Gasteiger partial charge < -0.3 is 14.4 Å². The van der Waals surface area contributed by atoms with E-state index in [2.05, 4.69) is 33.6 Å². The van der Waals surface area contributed by atoms with Gasteiger partial charge in [-0.1, -0.05) is 19.4 Å². The molecule has 6 nitrogen and oxygen atoms in total. The number of hydrogen-bond donors (Lipinski definition) is 1. The van der Waals surface area contributed by atoms with Crippen LogP contribution < -0.4 is 4.74 Å². The van der Waals surface area contributed by atoms with Crippen molar-refractivity contribution in [3.63, 3.8) is 0 Å². The van der Waals surface area contributed by atoms with Crippen LogP contribution in [0.25, 0.3) is 11.0 Å². The van der Waals surface area contributed by atoms with Gasteiger partial charge in [-0.05, 0) is 73.7 Å². The molecule has 0 amide bonds. The van der Waals surface area contributed by atoms with Crippen molar-refractivity contribution in [2.45, 2.75) is 51.6 Å². The number of carboxylic acid groups (broad SMARTS) is 1. The summed E-state index contributed by atoms with van der Waals surface area (Å²) in [5.41, 5.74) is 3.77. The number of benzene rings is 1. The first-order chi connectivity index (χ1) is 15.1. The average Bonchev–Trinajstić information content (AvgIpc) is 3.17. The SMILES string of the molecule is CCCCn1cc(C2CCN(Cc3ccc(OC)c(C(=O)O)c3)CC2)c2cccnc21. The lowest BCUT2D eigenvalue weighted by Gasteiger charge is -2.32. The summed E-state index contributed by atoms with van der Waals surface area (Å²) < 4.78 is 7.50. The summed E-state index contributed by atoms with van der Waals surface area (Å²) >= 11 is 0. The summed E-state index contributed by atoms with van der Waals surface area (Å²) in [6, 6.07) is 9.69. The molecule has 0 atom stereocenters. The van der Waals surface area contributed by atoms with E-state index in [9.17, 15) is 9.90 Å². The van der Waals surface area contributed by atoms with Crippen LogP contribution in [0.3, 0.4) is 0 Å². The van der Waals surface area contributed by atoms with Crippen LogP contribution in [0.5, 0.6) is 5.75 Å². The zero-order chi connectivity index (χ0) is 21.8. The summed E-state index contributed by atoms with van der Waals surface area (Å²) in [5.74, 6) is -0.00946. The number of fused-ring (bicyclic) bond motifs is 1. The Morgan fingerprint density at radius 1 is 1.26 bits per heavy atom. The van der Waals surface area contributed by atoms with E-state index in [1.807, 2.05) is 18.3 Å². The average molecular weight is 422 g/mol. The minimum atomic E-state index is -0.953. The van der Waals surface area contributed by atoms with Crippen LogP contribution in [-0.4, -0.2) is 45.7 Å². The van der Waals surface area contributed by atoms with Crippen LogP contribution in [0.2, 0.25) is 0 Å². The molecule has 0 aliphatic carbocycles. The van der Waals surface area contributed by atoms with Gasteiger partial charge in [-0.3, -0.25) is 4.90 Å². The van der Waals surface area contributed by atoms with Gasteiger partial charge in [0.15, 0.2) is 0 Å². The van der Waals surface area contributed by atoms with Crippen molar-refractivity contribution >= 4 is 17.0 Å². The normalized spacial score (nSPS) is 15.4. The van der Waals surface area contributed by atoms with Crippen molar-refractivity contribution in [2.24, 2.45) is 0 Å². The maximum absolute atomic E-state index is 11.5. The number of unbranched alkanes of at least 4 members (excludes halogenated alkanes) is 1. The van der Waals surface area contributed by atoms with E-state index < -0.39 is 5.97 Å². The fraction of sp³-hybridized carbons (Fsp3) is 0.440. The van der Waals surface area contributed by atoms with Crippen LogP contribution in [0, 0.1) is 0 Å². The van der Waals surface area contributed by atoms with Gasteiger partial charge in [0.25, 0.3) is 0 Å². The molecule has 3 heterocycles. The topological polar surface area (TPSA) is 67.6 Å². The molecule has 3 aromatic rings. The molecule has 31 heavy (non-hydrogen) atoms. The van der Waals surface area contributed by atoms with Gasteiger partial charge in [0.2, 0.25) is 0 Å². The molecule has 1 N–H and O–H groups in total. The summed E-state index contributed by atoms with van der Waals surface area (Å²) in [5, 5.41) is 10.7. The number of hydrogen-bond acceptors (Lipinski definition) is 4. The van der Waals surface area contributed by atoms with Gasteiger partial charge in [-0.15, -0.1) is 0 Å². The number of pyridine rings is 1. The number of piperidine rings is 1. The van der Waals surface area contributed by atoms with E-state index in [-0.39, 0.29) is 5.56 Å². The zero-order valence-electron chi connectivity index (χ0n) is 18.4. The van der Waals surface area contributed by atoms with Gasteiger partial charge >= 0.3 is 5.97 Å². The number of aryl methyl sites for hydroxylation is 1. The van der Waals surface area contributed by atoms with E-state index in [0.717, 1.165) is 50.2 Å². The second-order valence-electron chi connectivity index (χ2n) is 8.40. The smallest absolute Gasteiger partial charge is 0.339 e. The van der Waals surface area contributed by atoms with Gasteiger partial charge in [-0.2, -0.15) is 0 Å². The zero-order valence-corrected chi connectivity index (χ0v) is 18.4. The molecule has 0 radical (unpaired) electrons. The molecule has 1 aliphatic heterocycles. The molecular weight excluding hydrogens is 390 g/mol. The third-order valence-corrected chi connectivity index (χ3v) is 6.35. The fourth-order valence-electron chi connectivity index (χ4n) is 4.65. The van der Waals surface area contributed by atoms with Crippen LogP contribution in [0.4, 0.5) is 0 Å². The largest absolute Gasteiger partial charge is 0.496 e. The number of likely N-dealkylation sites (tertiary alicyclic amines) is 1. The Bertz CT molecular complexity index is 1050. The van der Waals surface area contributed by atoms with Crippen molar-refractivity contribution in [2.75, 3.05) is 20.2 Å². The third-order valence-electron chi connectivity index (χ3n) is 6.35. The molecule has 6 heteroatoms. The summed E-state index contributed by atoms with van der Waals surface area (Å²) in [4.78, 5) is 18.6. The number of carboxylic acids is 1. The molecule has 1 aliphatic rings. The minimum absolute atomic E-state index is 0.224. The first kappa shape index (κ1) is 21.4. The summed E-state index contributed by atoms with van der Waals surface area (Å²) in [6.07, 6.45) is 8.76. The van der Waals surface area contributed by atoms with Gasteiger partial charge in [0.1, 0.15) is 17.0 Å². The van der Waals surface area contributed by atoms with Crippen molar-refractivity contribution in [3.8, 4) is 5.75 Å². The number of aromatic nitrogens is 2. The quantitative estimate of drug-likeness (QED) is 0.559. The molecule has 0 bridgehead atoms. The van der Waals surface area contributed by atoms with E-state index in [1.54, 1.807) is 12.1 Å². The Morgan fingerprint density at radius 3 is 2.77 bits per heavy atom. The van der Waals surface area contributed by atoms with Crippen molar-refractivity contribution in [3.05, 3.63) is 59.4 Å².